The van der Waals surface area contributed by atoms with Crippen molar-refractivity contribution in [1.29, 1.82) is 5.26 Å². The van der Waals surface area contributed by atoms with Gasteiger partial charge in [0.25, 0.3) is 0 Å². The lowest BCUT2D eigenvalue weighted by atomic mass is 10.1. The van der Waals surface area contributed by atoms with Crippen LogP contribution in [0.4, 0.5) is 0 Å². The molecule has 0 aliphatic heterocycles. The van der Waals surface area contributed by atoms with Gasteiger partial charge in [-0.3, -0.25) is 4.79 Å². The Kier molecular flexibility index (Phi) is 16.8. The standard InChI is InChI=1S/C12H13N.C7H16N2O.C2H6/c1-10(2)3-4-11-5-7-12(9-13)8-6-11;1-4-5-6(8-2)7(10)9-3;1-2/h5-8H,1,3-4H2,2H3;6,8H,4-5H2,1-3H3,(H,9,10);1-2H3. The molecule has 1 amide bonds. The molecule has 1 unspecified atom stereocenters. The number of likely N-dealkylation sites (N-methyl/N-ethyl adjacent to an activating group) is 2. The summed E-state index contributed by atoms with van der Waals surface area (Å²) >= 11 is 0. The van der Waals surface area contributed by atoms with Crippen molar-refractivity contribution in [3.05, 3.63) is 47.5 Å². The number of hydrogen-bond acceptors (Lipinski definition) is 3. The molecule has 0 saturated heterocycles. The van der Waals surface area contributed by atoms with E-state index in [1.165, 1.54) is 11.1 Å². The zero-order valence-corrected chi connectivity index (χ0v) is 16.8. The van der Waals surface area contributed by atoms with Gasteiger partial charge in [0.15, 0.2) is 0 Å². The van der Waals surface area contributed by atoms with Gasteiger partial charge in [-0.15, -0.1) is 6.58 Å². The van der Waals surface area contributed by atoms with Crippen LogP contribution in [0.1, 0.15) is 58.1 Å². The van der Waals surface area contributed by atoms with E-state index >= 15 is 0 Å². The van der Waals surface area contributed by atoms with Gasteiger partial charge in [-0.25, -0.2) is 0 Å². The Morgan fingerprint density at radius 3 is 2.16 bits per heavy atom. The van der Waals surface area contributed by atoms with E-state index in [2.05, 4.69) is 30.2 Å². The Labute approximate surface area is 154 Å². The van der Waals surface area contributed by atoms with Crippen LogP contribution in [0.5, 0.6) is 0 Å². The van der Waals surface area contributed by atoms with E-state index in [1.807, 2.05) is 45.0 Å². The van der Waals surface area contributed by atoms with Crippen molar-refractivity contribution < 1.29 is 4.79 Å². The van der Waals surface area contributed by atoms with Crippen LogP contribution in [0.15, 0.2) is 36.4 Å². The molecule has 0 spiro atoms. The van der Waals surface area contributed by atoms with Crippen molar-refractivity contribution in [3.63, 3.8) is 0 Å². The van der Waals surface area contributed by atoms with E-state index in [4.69, 9.17) is 5.26 Å². The van der Waals surface area contributed by atoms with Gasteiger partial charge in [0.05, 0.1) is 17.7 Å². The van der Waals surface area contributed by atoms with Gasteiger partial charge in [-0.05, 0) is 50.9 Å². The van der Waals surface area contributed by atoms with Crippen molar-refractivity contribution in [2.45, 2.75) is 59.4 Å². The molecular formula is C21H35N3O. The summed E-state index contributed by atoms with van der Waals surface area (Å²) < 4.78 is 0. The molecule has 1 aromatic carbocycles. The number of amides is 1. The van der Waals surface area contributed by atoms with E-state index < -0.39 is 0 Å². The lowest BCUT2D eigenvalue weighted by molar-refractivity contribution is -0.122. The van der Waals surface area contributed by atoms with E-state index in [9.17, 15) is 4.79 Å². The average Bonchev–Trinajstić information content (AvgIpc) is 2.66. The summed E-state index contributed by atoms with van der Waals surface area (Å²) in [5.41, 5.74) is 3.19. The maximum atomic E-state index is 11.0. The molecule has 0 saturated carbocycles. The quantitative estimate of drug-likeness (QED) is 0.727. The highest BCUT2D eigenvalue weighted by atomic mass is 16.2. The molecule has 140 valence electrons. The molecule has 4 heteroatoms. The molecule has 0 heterocycles. The first-order valence-electron chi connectivity index (χ1n) is 9.00. The minimum atomic E-state index is -0.0185. The Morgan fingerprint density at radius 1 is 1.24 bits per heavy atom. The second kappa shape index (κ2) is 16.7. The molecule has 2 N–H and O–H groups in total. The van der Waals surface area contributed by atoms with Gasteiger partial charge >= 0.3 is 0 Å². The fourth-order valence-electron chi connectivity index (χ4n) is 1.97. The van der Waals surface area contributed by atoms with Gasteiger partial charge in [0, 0.05) is 7.05 Å². The maximum absolute atomic E-state index is 11.0. The molecule has 0 radical (unpaired) electrons. The summed E-state index contributed by atoms with van der Waals surface area (Å²) in [6.45, 7) is 11.9. The summed E-state index contributed by atoms with van der Waals surface area (Å²) in [6.07, 6.45) is 3.96. The number of carbonyl (C=O) groups excluding carboxylic acids is 1. The number of benzene rings is 1. The van der Waals surface area contributed by atoms with E-state index in [1.54, 1.807) is 14.1 Å². The van der Waals surface area contributed by atoms with Crippen LogP contribution in [-0.4, -0.2) is 26.0 Å². The number of nitriles is 1. The number of allylic oxidation sites excluding steroid dienone is 1. The lowest BCUT2D eigenvalue weighted by Crippen LogP contribution is -2.40. The zero-order chi connectivity index (χ0) is 19.7. The van der Waals surface area contributed by atoms with Crippen LogP contribution in [0, 0.1) is 11.3 Å². The Hall–Kier alpha value is -2.12. The smallest absolute Gasteiger partial charge is 0.236 e. The van der Waals surface area contributed by atoms with E-state index in [0.717, 1.165) is 31.2 Å². The average molecular weight is 346 g/mol. The molecule has 1 rings (SSSR count). The minimum Gasteiger partial charge on any atom is -0.358 e. The lowest BCUT2D eigenvalue weighted by Gasteiger charge is -2.12. The van der Waals surface area contributed by atoms with Crippen molar-refractivity contribution in [2.24, 2.45) is 0 Å². The molecule has 0 aromatic heterocycles. The van der Waals surface area contributed by atoms with Crippen molar-refractivity contribution in [2.75, 3.05) is 14.1 Å². The Morgan fingerprint density at radius 2 is 1.80 bits per heavy atom. The molecule has 0 aliphatic rings. The predicted octanol–water partition coefficient (Wildman–Crippen LogP) is 4.21. The highest BCUT2D eigenvalue weighted by molar-refractivity contribution is 5.81. The summed E-state index contributed by atoms with van der Waals surface area (Å²) in [4.78, 5) is 11.0. The number of hydrogen-bond donors (Lipinski definition) is 2. The Bertz CT molecular complexity index is 515. The van der Waals surface area contributed by atoms with E-state index in [-0.39, 0.29) is 11.9 Å². The van der Waals surface area contributed by atoms with Crippen LogP contribution in [0.3, 0.4) is 0 Å². The monoisotopic (exact) mass is 345 g/mol. The van der Waals surface area contributed by atoms with Crippen LogP contribution in [0.25, 0.3) is 0 Å². The molecule has 0 bridgehead atoms. The van der Waals surface area contributed by atoms with Crippen molar-refractivity contribution in [3.8, 4) is 6.07 Å². The summed E-state index contributed by atoms with van der Waals surface area (Å²) in [5, 5.41) is 14.1. The summed E-state index contributed by atoms with van der Waals surface area (Å²) in [5.74, 6) is 0.0735. The summed E-state index contributed by atoms with van der Waals surface area (Å²) in [6, 6.07) is 9.80. The highest BCUT2D eigenvalue weighted by Crippen LogP contribution is 2.08. The molecule has 0 fully saturated rings. The normalized spacial score (nSPS) is 10.1. The fourth-order valence-corrected chi connectivity index (χ4v) is 1.97. The maximum Gasteiger partial charge on any atom is 0.236 e. The number of nitrogens with one attached hydrogen (secondary N) is 2. The number of aryl methyl sites for hydroxylation is 1. The van der Waals surface area contributed by atoms with Crippen molar-refractivity contribution in [1.82, 2.24) is 10.6 Å². The third kappa shape index (κ3) is 12.9. The second-order valence-corrected chi connectivity index (χ2v) is 5.51. The largest absolute Gasteiger partial charge is 0.358 e. The van der Waals surface area contributed by atoms with Crippen molar-refractivity contribution >= 4 is 5.91 Å². The fraction of sp³-hybridized carbons (Fsp3) is 0.524. The molecule has 0 aliphatic carbocycles. The number of rotatable bonds is 7. The topological polar surface area (TPSA) is 64.9 Å². The Balaban J connectivity index is 0. The van der Waals surface area contributed by atoms with Crippen LogP contribution >= 0.6 is 0 Å². The molecule has 25 heavy (non-hydrogen) atoms. The molecule has 1 atom stereocenters. The van der Waals surface area contributed by atoms with Gasteiger partial charge in [-0.1, -0.05) is 44.9 Å². The predicted molar refractivity (Wildman–Crippen MR) is 107 cm³/mol. The minimum absolute atomic E-state index is 0.0185. The van der Waals surface area contributed by atoms with Gasteiger partial charge in [0.1, 0.15) is 0 Å². The highest BCUT2D eigenvalue weighted by Gasteiger charge is 2.11. The second-order valence-electron chi connectivity index (χ2n) is 5.51. The first-order valence-corrected chi connectivity index (χ1v) is 9.00. The van der Waals surface area contributed by atoms with E-state index in [0.29, 0.717) is 0 Å². The zero-order valence-electron chi connectivity index (χ0n) is 16.8. The molecule has 1 aromatic rings. The summed E-state index contributed by atoms with van der Waals surface area (Å²) in [7, 11) is 3.46. The third-order valence-electron chi connectivity index (χ3n) is 3.41. The number of nitrogens with zero attached hydrogens (tertiary/aromatic N) is 1. The van der Waals surface area contributed by atoms with Crippen LogP contribution < -0.4 is 10.6 Å². The van der Waals surface area contributed by atoms with Crippen LogP contribution in [0.2, 0.25) is 0 Å². The molecule has 4 nitrogen and oxygen atoms in total. The van der Waals surface area contributed by atoms with Gasteiger partial charge in [-0.2, -0.15) is 5.26 Å². The SMILES string of the molecule is C=C(C)CCc1ccc(C#N)cc1.CC.CCCC(NC)C(=O)NC. The van der Waals surface area contributed by atoms with Gasteiger partial charge in [0.2, 0.25) is 5.91 Å². The number of carbonyl (C=O) groups is 1. The first kappa shape index (κ1) is 25.1. The molecular weight excluding hydrogens is 310 g/mol. The third-order valence-corrected chi connectivity index (χ3v) is 3.41. The first-order chi connectivity index (χ1) is 12.0. The van der Waals surface area contributed by atoms with Crippen LogP contribution in [-0.2, 0) is 11.2 Å². The van der Waals surface area contributed by atoms with Gasteiger partial charge < -0.3 is 10.6 Å².